The van der Waals surface area contributed by atoms with Crippen molar-refractivity contribution >= 4 is 22.6 Å². The lowest BCUT2D eigenvalue weighted by molar-refractivity contribution is 0.0947. The SMILES string of the molecule is CCN(CC)c1ccc2cc(C(=O)NCc3cn(C)nn3)c(=O)oc2c1. The first-order valence-corrected chi connectivity index (χ1v) is 8.48. The van der Waals surface area contributed by atoms with E-state index in [0.29, 0.717) is 16.7 Å². The summed E-state index contributed by atoms with van der Waals surface area (Å²) >= 11 is 0. The second-order valence-electron chi connectivity index (χ2n) is 5.91. The molecule has 1 aromatic carbocycles. The van der Waals surface area contributed by atoms with Crippen LogP contribution in [-0.2, 0) is 13.6 Å². The molecule has 0 saturated carbocycles. The van der Waals surface area contributed by atoms with Crippen molar-refractivity contribution in [3.05, 3.63) is 52.1 Å². The Morgan fingerprint density at radius 3 is 2.69 bits per heavy atom. The van der Waals surface area contributed by atoms with E-state index in [9.17, 15) is 9.59 Å². The number of benzene rings is 1. The molecule has 1 amide bonds. The molecule has 8 nitrogen and oxygen atoms in total. The molecule has 3 rings (SSSR count). The minimum absolute atomic E-state index is 0.0306. The maximum atomic E-state index is 12.3. The molecule has 0 radical (unpaired) electrons. The Morgan fingerprint density at radius 1 is 1.27 bits per heavy atom. The van der Waals surface area contributed by atoms with Crippen molar-refractivity contribution in [2.75, 3.05) is 18.0 Å². The van der Waals surface area contributed by atoms with E-state index in [0.717, 1.165) is 18.8 Å². The van der Waals surface area contributed by atoms with Gasteiger partial charge in [-0.2, -0.15) is 0 Å². The highest BCUT2D eigenvalue weighted by Crippen LogP contribution is 2.21. The van der Waals surface area contributed by atoms with Gasteiger partial charge in [0, 0.05) is 43.5 Å². The molecule has 8 heteroatoms. The van der Waals surface area contributed by atoms with Crippen LogP contribution in [0.5, 0.6) is 0 Å². The van der Waals surface area contributed by atoms with Gasteiger partial charge in [0.1, 0.15) is 16.8 Å². The smallest absolute Gasteiger partial charge is 0.349 e. The maximum Gasteiger partial charge on any atom is 0.349 e. The predicted octanol–water partition coefficient (Wildman–Crippen LogP) is 1.70. The average molecular weight is 355 g/mol. The van der Waals surface area contributed by atoms with Gasteiger partial charge in [-0.15, -0.1) is 5.10 Å². The molecule has 0 unspecified atom stereocenters. The molecule has 0 aliphatic heterocycles. The van der Waals surface area contributed by atoms with Crippen LogP contribution in [0.4, 0.5) is 5.69 Å². The van der Waals surface area contributed by atoms with Crippen molar-refractivity contribution in [3.63, 3.8) is 0 Å². The van der Waals surface area contributed by atoms with Crippen molar-refractivity contribution < 1.29 is 9.21 Å². The zero-order valence-corrected chi connectivity index (χ0v) is 15.0. The largest absolute Gasteiger partial charge is 0.422 e. The van der Waals surface area contributed by atoms with E-state index in [1.165, 1.54) is 0 Å². The first-order chi connectivity index (χ1) is 12.5. The van der Waals surface area contributed by atoms with E-state index in [1.54, 1.807) is 24.0 Å². The Kier molecular flexibility index (Phi) is 5.01. The number of hydrogen-bond donors (Lipinski definition) is 1. The quantitative estimate of drug-likeness (QED) is 0.677. The number of nitrogens with zero attached hydrogens (tertiary/aromatic N) is 4. The van der Waals surface area contributed by atoms with Crippen LogP contribution in [0.25, 0.3) is 11.0 Å². The van der Waals surface area contributed by atoms with Crippen molar-refractivity contribution in [2.24, 2.45) is 7.05 Å². The molecule has 0 fully saturated rings. The number of rotatable bonds is 6. The molecular weight excluding hydrogens is 334 g/mol. The Labute approximate surface area is 150 Å². The van der Waals surface area contributed by atoms with Crippen LogP contribution < -0.4 is 15.8 Å². The van der Waals surface area contributed by atoms with Crippen LogP contribution >= 0.6 is 0 Å². The van der Waals surface area contributed by atoms with E-state index < -0.39 is 11.5 Å². The van der Waals surface area contributed by atoms with Crippen LogP contribution in [0.2, 0.25) is 0 Å². The number of carbonyl (C=O) groups excluding carboxylic acids is 1. The normalized spacial score (nSPS) is 10.9. The minimum atomic E-state index is -0.661. The molecular formula is C18H21N5O3. The Morgan fingerprint density at radius 2 is 2.04 bits per heavy atom. The predicted molar refractivity (Wildman–Crippen MR) is 98.2 cm³/mol. The summed E-state index contributed by atoms with van der Waals surface area (Å²) in [6.07, 6.45) is 1.69. The lowest BCUT2D eigenvalue weighted by Gasteiger charge is -2.20. The standard InChI is InChI=1S/C18H21N5O3/c1-4-23(5-2)14-7-6-12-8-15(18(25)26-16(12)9-14)17(24)19-10-13-11-22(3)21-20-13/h6-9,11H,4-5,10H2,1-3H3,(H,19,24). The molecule has 0 aliphatic carbocycles. The number of fused-ring (bicyclic) bond motifs is 1. The molecule has 0 bridgehead atoms. The lowest BCUT2D eigenvalue weighted by atomic mass is 10.1. The minimum Gasteiger partial charge on any atom is -0.422 e. The Bertz CT molecular complexity index is 988. The summed E-state index contributed by atoms with van der Waals surface area (Å²) < 4.78 is 6.92. The van der Waals surface area contributed by atoms with Gasteiger partial charge in [0.15, 0.2) is 0 Å². The number of nitrogens with one attached hydrogen (secondary N) is 1. The van der Waals surface area contributed by atoms with Gasteiger partial charge in [-0.25, -0.2) is 4.79 Å². The van der Waals surface area contributed by atoms with Gasteiger partial charge in [0.2, 0.25) is 0 Å². The first kappa shape index (κ1) is 17.7. The summed E-state index contributed by atoms with van der Waals surface area (Å²) in [6, 6.07) is 7.19. The van der Waals surface area contributed by atoms with Crippen molar-refractivity contribution in [1.29, 1.82) is 0 Å². The fraction of sp³-hybridized carbons (Fsp3) is 0.333. The van der Waals surface area contributed by atoms with E-state index >= 15 is 0 Å². The second-order valence-corrected chi connectivity index (χ2v) is 5.91. The molecule has 3 aromatic rings. The van der Waals surface area contributed by atoms with Crippen LogP contribution in [0.1, 0.15) is 29.9 Å². The Hall–Kier alpha value is -3.16. The van der Waals surface area contributed by atoms with E-state index in [1.807, 2.05) is 18.2 Å². The lowest BCUT2D eigenvalue weighted by Crippen LogP contribution is -2.28. The highest BCUT2D eigenvalue weighted by molar-refractivity contribution is 5.96. The summed E-state index contributed by atoms with van der Waals surface area (Å²) in [5, 5.41) is 11.0. The highest BCUT2D eigenvalue weighted by Gasteiger charge is 2.15. The number of anilines is 1. The van der Waals surface area contributed by atoms with Crippen LogP contribution in [-0.4, -0.2) is 34.0 Å². The summed E-state index contributed by atoms with van der Waals surface area (Å²) in [7, 11) is 1.74. The number of aromatic nitrogens is 3. The maximum absolute atomic E-state index is 12.3. The topological polar surface area (TPSA) is 93.3 Å². The number of aryl methyl sites for hydroxylation is 1. The van der Waals surface area contributed by atoms with Gasteiger partial charge in [-0.1, -0.05) is 5.21 Å². The van der Waals surface area contributed by atoms with Gasteiger partial charge >= 0.3 is 5.63 Å². The average Bonchev–Trinajstić information content (AvgIpc) is 3.05. The summed E-state index contributed by atoms with van der Waals surface area (Å²) in [4.78, 5) is 26.7. The fourth-order valence-electron chi connectivity index (χ4n) is 2.79. The highest BCUT2D eigenvalue weighted by atomic mass is 16.4. The van der Waals surface area contributed by atoms with E-state index in [4.69, 9.17) is 4.42 Å². The molecule has 0 aliphatic rings. The van der Waals surface area contributed by atoms with Crippen LogP contribution in [0, 0.1) is 0 Å². The molecule has 0 atom stereocenters. The van der Waals surface area contributed by atoms with E-state index in [2.05, 4.69) is 34.4 Å². The van der Waals surface area contributed by atoms with Crippen molar-refractivity contribution in [2.45, 2.75) is 20.4 Å². The van der Waals surface area contributed by atoms with Gasteiger partial charge in [-0.3, -0.25) is 9.48 Å². The number of carbonyl (C=O) groups is 1. The molecule has 2 aromatic heterocycles. The molecule has 2 heterocycles. The first-order valence-electron chi connectivity index (χ1n) is 8.48. The van der Waals surface area contributed by atoms with Gasteiger partial charge in [-0.05, 0) is 32.0 Å². The van der Waals surface area contributed by atoms with Gasteiger partial charge in [0.05, 0.1) is 6.54 Å². The van der Waals surface area contributed by atoms with Gasteiger partial charge in [0.25, 0.3) is 5.91 Å². The van der Waals surface area contributed by atoms with Crippen LogP contribution in [0.15, 0.2) is 39.7 Å². The number of hydrogen-bond acceptors (Lipinski definition) is 6. The van der Waals surface area contributed by atoms with Gasteiger partial charge < -0.3 is 14.6 Å². The molecule has 26 heavy (non-hydrogen) atoms. The second kappa shape index (κ2) is 7.38. The molecule has 1 N–H and O–H groups in total. The van der Waals surface area contributed by atoms with Crippen molar-refractivity contribution in [3.8, 4) is 0 Å². The molecule has 136 valence electrons. The third kappa shape index (κ3) is 3.58. The monoisotopic (exact) mass is 355 g/mol. The third-order valence-electron chi connectivity index (χ3n) is 4.17. The molecule has 0 spiro atoms. The zero-order chi connectivity index (χ0) is 18.7. The summed E-state index contributed by atoms with van der Waals surface area (Å²) in [6.45, 7) is 6.03. The van der Waals surface area contributed by atoms with Crippen LogP contribution in [0.3, 0.4) is 0 Å². The Balaban J connectivity index is 1.85. The number of amides is 1. The summed E-state index contributed by atoms with van der Waals surface area (Å²) in [5.74, 6) is -0.501. The van der Waals surface area contributed by atoms with E-state index in [-0.39, 0.29) is 12.1 Å². The molecule has 0 saturated heterocycles. The fourth-order valence-corrected chi connectivity index (χ4v) is 2.79. The third-order valence-corrected chi connectivity index (χ3v) is 4.17. The zero-order valence-electron chi connectivity index (χ0n) is 15.0. The summed E-state index contributed by atoms with van der Waals surface area (Å²) in [5.41, 5.74) is 1.35. The van der Waals surface area contributed by atoms with Crippen molar-refractivity contribution in [1.82, 2.24) is 20.3 Å².